The van der Waals surface area contributed by atoms with E-state index in [4.69, 9.17) is 0 Å². The fourth-order valence-corrected chi connectivity index (χ4v) is 3.23. The molecular formula is C23H25N3O3. The Morgan fingerprint density at radius 2 is 1.55 bits per heavy atom. The normalized spacial score (nSPS) is 14.6. The number of nitrogens with zero attached hydrogens (tertiary/aromatic N) is 1. The number of amides is 3. The average Bonchev–Trinajstić information content (AvgIpc) is 2.77. The van der Waals surface area contributed by atoms with Crippen molar-refractivity contribution in [1.29, 1.82) is 0 Å². The van der Waals surface area contributed by atoms with Crippen molar-refractivity contribution < 1.29 is 14.4 Å². The largest absolute Gasteiger partial charge is 0.343 e. The Labute approximate surface area is 170 Å². The lowest BCUT2D eigenvalue weighted by Crippen LogP contribution is -2.45. The van der Waals surface area contributed by atoms with Gasteiger partial charge in [0.25, 0.3) is 0 Å². The van der Waals surface area contributed by atoms with Crippen LogP contribution in [0, 0.1) is 5.92 Å². The van der Waals surface area contributed by atoms with E-state index in [9.17, 15) is 14.4 Å². The predicted molar refractivity (Wildman–Crippen MR) is 113 cm³/mol. The summed E-state index contributed by atoms with van der Waals surface area (Å²) in [5.41, 5.74) is 1.70. The molecule has 0 saturated carbocycles. The number of para-hydroxylation sites is 1. The van der Waals surface area contributed by atoms with E-state index in [0.29, 0.717) is 25.9 Å². The van der Waals surface area contributed by atoms with Gasteiger partial charge in [0.05, 0.1) is 6.54 Å². The molecule has 0 spiro atoms. The summed E-state index contributed by atoms with van der Waals surface area (Å²) in [6.07, 6.45) is 4.36. The van der Waals surface area contributed by atoms with Gasteiger partial charge in [-0.2, -0.15) is 0 Å². The first kappa shape index (κ1) is 20.3. The Balaban J connectivity index is 1.39. The standard InChI is InChI=1S/C23H25N3O3/c27-21(12-11-18-7-3-1-4-8-18)24-17-22(28)26-15-13-19(14-16-26)23(29)25-20-9-5-2-6-10-20/h1-12,19H,13-17H2,(H,24,27)(H,25,29)/b12-11+. The summed E-state index contributed by atoms with van der Waals surface area (Å²) in [4.78, 5) is 38.3. The molecule has 150 valence electrons. The van der Waals surface area contributed by atoms with E-state index in [2.05, 4.69) is 10.6 Å². The van der Waals surface area contributed by atoms with E-state index < -0.39 is 0 Å². The highest BCUT2D eigenvalue weighted by molar-refractivity contribution is 5.94. The van der Waals surface area contributed by atoms with Gasteiger partial charge < -0.3 is 15.5 Å². The van der Waals surface area contributed by atoms with Crippen LogP contribution in [-0.2, 0) is 14.4 Å². The lowest BCUT2D eigenvalue weighted by atomic mass is 9.95. The number of carbonyl (C=O) groups is 3. The number of carbonyl (C=O) groups excluding carboxylic acids is 3. The minimum Gasteiger partial charge on any atom is -0.343 e. The van der Waals surface area contributed by atoms with Crippen LogP contribution >= 0.6 is 0 Å². The molecule has 0 aromatic heterocycles. The van der Waals surface area contributed by atoms with E-state index in [1.165, 1.54) is 6.08 Å². The third kappa shape index (κ3) is 6.31. The van der Waals surface area contributed by atoms with E-state index in [1.54, 1.807) is 11.0 Å². The molecule has 2 aromatic rings. The van der Waals surface area contributed by atoms with E-state index in [0.717, 1.165) is 11.3 Å². The van der Waals surface area contributed by atoms with Crippen molar-refractivity contribution in [3.63, 3.8) is 0 Å². The summed E-state index contributed by atoms with van der Waals surface area (Å²) < 4.78 is 0. The number of rotatable bonds is 6. The number of likely N-dealkylation sites (tertiary alicyclic amines) is 1. The third-order valence-electron chi connectivity index (χ3n) is 4.90. The van der Waals surface area contributed by atoms with E-state index in [1.807, 2.05) is 60.7 Å². The topological polar surface area (TPSA) is 78.5 Å². The molecule has 1 aliphatic rings. The third-order valence-corrected chi connectivity index (χ3v) is 4.90. The summed E-state index contributed by atoms with van der Waals surface area (Å²) in [6, 6.07) is 18.8. The molecule has 0 radical (unpaired) electrons. The molecule has 6 heteroatoms. The molecule has 0 unspecified atom stereocenters. The van der Waals surface area contributed by atoms with Gasteiger partial charge >= 0.3 is 0 Å². The van der Waals surface area contributed by atoms with Gasteiger partial charge in [-0.25, -0.2) is 0 Å². The van der Waals surface area contributed by atoms with Gasteiger partial charge in [-0.05, 0) is 36.6 Å². The molecular weight excluding hydrogens is 366 g/mol. The second-order valence-electron chi connectivity index (χ2n) is 6.97. The SMILES string of the molecule is O=C(/C=C/c1ccccc1)NCC(=O)N1CCC(C(=O)Nc2ccccc2)CC1. The van der Waals surface area contributed by atoms with Gasteiger partial charge in [-0.3, -0.25) is 14.4 Å². The Bertz CT molecular complexity index is 857. The molecule has 1 saturated heterocycles. The summed E-state index contributed by atoms with van der Waals surface area (Å²) in [5.74, 6) is -0.557. The molecule has 0 atom stereocenters. The molecule has 0 bridgehead atoms. The first-order valence-corrected chi connectivity index (χ1v) is 9.76. The molecule has 1 aliphatic heterocycles. The molecule has 1 heterocycles. The Kier molecular flexibility index (Phi) is 7.16. The van der Waals surface area contributed by atoms with Crippen molar-refractivity contribution in [3.05, 3.63) is 72.3 Å². The second-order valence-corrected chi connectivity index (χ2v) is 6.97. The zero-order valence-corrected chi connectivity index (χ0v) is 16.2. The van der Waals surface area contributed by atoms with Crippen LogP contribution in [0.15, 0.2) is 66.7 Å². The van der Waals surface area contributed by atoms with Crippen LogP contribution in [0.4, 0.5) is 5.69 Å². The summed E-state index contributed by atoms with van der Waals surface area (Å²) in [7, 11) is 0. The molecule has 1 fully saturated rings. The van der Waals surface area contributed by atoms with Crippen molar-refractivity contribution in [2.75, 3.05) is 25.0 Å². The zero-order chi connectivity index (χ0) is 20.5. The molecule has 3 rings (SSSR count). The minimum atomic E-state index is -0.306. The average molecular weight is 391 g/mol. The molecule has 2 N–H and O–H groups in total. The van der Waals surface area contributed by atoms with Gasteiger partial charge in [0.15, 0.2) is 0 Å². The van der Waals surface area contributed by atoms with Crippen LogP contribution in [0.1, 0.15) is 18.4 Å². The number of anilines is 1. The summed E-state index contributed by atoms with van der Waals surface area (Å²) in [6.45, 7) is 0.988. The highest BCUT2D eigenvalue weighted by Gasteiger charge is 2.27. The fourth-order valence-electron chi connectivity index (χ4n) is 3.23. The maximum Gasteiger partial charge on any atom is 0.244 e. The van der Waals surface area contributed by atoms with Gasteiger partial charge in [-0.15, -0.1) is 0 Å². The van der Waals surface area contributed by atoms with Crippen LogP contribution in [-0.4, -0.2) is 42.3 Å². The fraction of sp³-hybridized carbons (Fsp3) is 0.261. The van der Waals surface area contributed by atoms with Crippen molar-refractivity contribution in [2.24, 2.45) is 5.92 Å². The Hall–Kier alpha value is -3.41. The maximum atomic E-state index is 12.4. The maximum absolute atomic E-state index is 12.4. The molecule has 3 amide bonds. The first-order chi connectivity index (χ1) is 14.1. The number of hydrogen-bond acceptors (Lipinski definition) is 3. The van der Waals surface area contributed by atoms with Crippen molar-refractivity contribution >= 4 is 29.5 Å². The number of nitrogens with one attached hydrogen (secondary N) is 2. The van der Waals surface area contributed by atoms with Crippen LogP contribution in [0.3, 0.4) is 0 Å². The minimum absolute atomic E-state index is 0.0114. The lowest BCUT2D eigenvalue weighted by Gasteiger charge is -2.31. The number of benzene rings is 2. The zero-order valence-electron chi connectivity index (χ0n) is 16.2. The van der Waals surface area contributed by atoms with Crippen molar-refractivity contribution in [3.8, 4) is 0 Å². The van der Waals surface area contributed by atoms with Crippen LogP contribution < -0.4 is 10.6 Å². The lowest BCUT2D eigenvalue weighted by molar-refractivity contribution is -0.134. The van der Waals surface area contributed by atoms with Crippen LogP contribution in [0.2, 0.25) is 0 Å². The molecule has 29 heavy (non-hydrogen) atoms. The van der Waals surface area contributed by atoms with Gasteiger partial charge in [0.2, 0.25) is 17.7 Å². The van der Waals surface area contributed by atoms with Gasteiger partial charge in [0, 0.05) is 30.8 Å². The van der Waals surface area contributed by atoms with Crippen molar-refractivity contribution in [1.82, 2.24) is 10.2 Å². The highest BCUT2D eigenvalue weighted by Crippen LogP contribution is 2.19. The monoisotopic (exact) mass is 391 g/mol. The van der Waals surface area contributed by atoms with Gasteiger partial charge in [0.1, 0.15) is 0 Å². The highest BCUT2D eigenvalue weighted by atomic mass is 16.2. The molecule has 2 aromatic carbocycles. The van der Waals surface area contributed by atoms with E-state index in [-0.39, 0.29) is 30.2 Å². The second kappa shape index (κ2) is 10.2. The van der Waals surface area contributed by atoms with E-state index >= 15 is 0 Å². The summed E-state index contributed by atoms with van der Waals surface area (Å²) in [5, 5.41) is 5.54. The first-order valence-electron chi connectivity index (χ1n) is 9.76. The summed E-state index contributed by atoms with van der Waals surface area (Å²) >= 11 is 0. The van der Waals surface area contributed by atoms with Crippen LogP contribution in [0.5, 0.6) is 0 Å². The quantitative estimate of drug-likeness (QED) is 0.743. The smallest absolute Gasteiger partial charge is 0.244 e. The van der Waals surface area contributed by atoms with Gasteiger partial charge in [-0.1, -0.05) is 48.5 Å². The van der Waals surface area contributed by atoms with Crippen molar-refractivity contribution in [2.45, 2.75) is 12.8 Å². The Morgan fingerprint density at radius 3 is 2.21 bits per heavy atom. The Morgan fingerprint density at radius 1 is 0.931 bits per heavy atom. The predicted octanol–water partition coefficient (Wildman–Crippen LogP) is 2.69. The number of hydrogen-bond donors (Lipinski definition) is 2. The molecule has 0 aliphatic carbocycles. The van der Waals surface area contributed by atoms with Crippen LogP contribution in [0.25, 0.3) is 6.08 Å². The number of piperidine rings is 1. The molecule has 6 nitrogen and oxygen atoms in total.